The predicted molar refractivity (Wildman–Crippen MR) is 79.2 cm³/mol. The van der Waals surface area contributed by atoms with Gasteiger partial charge in [-0.25, -0.2) is 0 Å². The van der Waals surface area contributed by atoms with Gasteiger partial charge in [0.1, 0.15) is 0 Å². The van der Waals surface area contributed by atoms with Crippen molar-refractivity contribution < 1.29 is 4.79 Å². The second-order valence-electron chi connectivity index (χ2n) is 4.40. The SMILES string of the molecule is O=C(N=Nc1ccc2ccccc2c1)c1ccccc1. The highest BCUT2D eigenvalue weighted by Crippen LogP contribution is 2.21. The number of fused-ring (bicyclic) bond motifs is 1. The Morgan fingerprint density at radius 3 is 2.25 bits per heavy atom. The van der Waals surface area contributed by atoms with Crippen molar-refractivity contribution in [2.75, 3.05) is 0 Å². The van der Waals surface area contributed by atoms with Gasteiger partial charge in [-0.05, 0) is 35.0 Å². The Hall–Kier alpha value is -2.81. The molecular formula is C17H12N2O. The molecule has 3 rings (SSSR count). The van der Waals surface area contributed by atoms with Crippen LogP contribution in [0, 0.1) is 0 Å². The minimum Gasteiger partial charge on any atom is -0.265 e. The lowest BCUT2D eigenvalue weighted by Crippen LogP contribution is -1.91. The van der Waals surface area contributed by atoms with E-state index in [1.165, 1.54) is 0 Å². The molecule has 1 amide bonds. The molecule has 0 bridgehead atoms. The largest absolute Gasteiger partial charge is 0.295 e. The number of amides is 1. The van der Waals surface area contributed by atoms with Gasteiger partial charge in [0, 0.05) is 5.56 Å². The third-order valence-corrected chi connectivity index (χ3v) is 3.01. The van der Waals surface area contributed by atoms with Crippen molar-refractivity contribution in [3.8, 4) is 0 Å². The van der Waals surface area contributed by atoms with Crippen LogP contribution in [0.4, 0.5) is 5.69 Å². The first-order chi connectivity index (χ1) is 9.83. The van der Waals surface area contributed by atoms with Gasteiger partial charge >= 0.3 is 0 Å². The van der Waals surface area contributed by atoms with Crippen LogP contribution in [-0.4, -0.2) is 5.91 Å². The van der Waals surface area contributed by atoms with E-state index in [9.17, 15) is 4.79 Å². The van der Waals surface area contributed by atoms with Crippen molar-refractivity contribution in [1.29, 1.82) is 0 Å². The average Bonchev–Trinajstić information content (AvgIpc) is 2.53. The van der Waals surface area contributed by atoms with E-state index < -0.39 is 0 Å². The van der Waals surface area contributed by atoms with Crippen molar-refractivity contribution in [1.82, 2.24) is 0 Å². The summed E-state index contributed by atoms with van der Waals surface area (Å²) < 4.78 is 0. The molecule has 3 heteroatoms. The molecule has 0 radical (unpaired) electrons. The zero-order chi connectivity index (χ0) is 13.8. The van der Waals surface area contributed by atoms with Gasteiger partial charge in [-0.2, -0.15) is 0 Å². The Kier molecular flexibility index (Phi) is 3.33. The van der Waals surface area contributed by atoms with Gasteiger partial charge in [-0.1, -0.05) is 48.5 Å². The highest BCUT2D eigenvalue weighted by Gasteiger charge is 2.02. The number of nitrogens with zero attached hydrogens (tertiary/aromatic N) is 2. The van der Waals surface area contributed by atoms with Crippen molar-refractivity contribution in [2.24, 2.45) is 10.2 Å². The van der Waals surface area contributed by atoms with Crippen LogP contribution in [0.1, 0.15) is 10.4 Å². The van der Waals surface area contributed by atoms with Crippen molar-refractivity contribution in [2.45, 2.75) is 0 Å². The zero-order valence-electron chi connectivity index (χ0n) is 10.7. The Labute approximate surface area is 116 Å². The normalized spacial score (nSPS) is 11.0. The lowest BCUT2D eigenvalue weighted by Gasteiger charge is -1.98. The number of carbonyl (C=O) groups is 1. The molecule has 0 aliphatic heterocycles. The molecule has 96 valence electrons. The number of hydrogen-bond acceptors (Lipinski definition) is 2. The van der Waals surface area contributed by atoms with Gasteiger partial charge in [0.05, 0.1) is 5.69 Å². The molecule has 0 aliphatic rings. The topological polar surface area (TPSA) is 41.8 Å². The highest BCUT2D eigenvalue weighted by atomic mass is 16.1. The Morgan fingerprint density at radius 1 is 0.750 bits per heavy atom. The van der Waals surface area contributed by atoms with E-state index in [1.807, 2.05) is 48.5 Å². The third-order valence-electron chi connectivity index (χ3n) is 3.01. The first kappa shape index (κ1) is 12.2. The molecule has 0 aromatic heterocycles. The summed E-state index contributed by atoms with van der Waals surface area (Å²) in [6.45, 7) is 0. The highest BCUT2D eigenvalue weighted by molar-refractivity contribution is 5.94. The molecule has 0 N–H and O–H groups in total. The van der Waals surface area contributed by atoms with Crippen LogP contribution >= 0.6 is 0 Å². The predicted octanol–water partition coefficient (Wildman–Crippen LogP) is 4.76. The monoisotopic (exact) mass is 260 g/mol. The van der Waals surface area contributed by atoms with Crippen LogP contribution in [0.15, 0.2) is 83.0 Å². The summed E-state index contributed by atoms with van der Waals surface area (Å²) in [7, 11) is 0. The van der Waals surface area contributed by atoms with E-state index in [-0.39, 0.29) is 5.91 Å². The van der Waals surface area contributed by atoms with Crippen LogP contribution in [0.3, 0.4) is 0 Å². The average molecular weight is 260 g/mol. The molecule has 3 aromatic carbocycles. The minimum absolute atomic E-state index is 0.334. The molecule has 0 saturated carbocycles. The van der Waals surface area contributed by atoms with Gasteiger partial charge in [0.25, 0.3) is 5.91 Å². The summed E-state index contributed by atoms with van der Waals surface area (Å²) in [5.41, 5.74) is 1.21. The molecule has 3 nitrogen and oxygen atoms in total. The smallest absolute Gasteiger partial charge is 0.265 e. The van der Waals surface area contributed by atoms with Crippen molar-refractivity contribution >= 4 is 22.4 Å². The summed E-state index contributed by atoms with van der Waals surface area (Å²) >= 11 is 0. The van der Waals surface area contributed by atoms with E-state index in [2.05, 4.69) is 10.2 Å². The lowest BCUT2D eigenvalue weighted by atomic mass is 10.1. The number of hydrogen-bond donors (Lipinski definition) is 0. The second-order valence-corrected chi connectivity index (χ2v) is 4.40. The molecule has 0 unspecified atom stereocenters. The third kappa shape index (κ3) is 2.62. The summed E-state index contributed by atoms with van der Waals surface area (Å²) in [5, 5.41) is 9.99. The van der Waals surface area contributed by atoms with Gasteiger partial charge in [0.15, 0.2) is 0 Å². The fourth-order valence-electron chi connectivity index (χ4n) is 1.98. The molecule has 3 aromatic rings. The minimum atomic E-state index is -0.334. The van der Waals surface area contributed by atoms with Gasteiger partial charge in [0.2, 0.25) is 0 Å². The van der Waals surface area contributed by atoms with Crippen LogP contribution in [-0.2, 0) is 0 Å². The fourth-order valence-corrected chi connectivity index (χ4v) is 1.98. The molecule has 0 atom stereocenters. The number of carbonyl (C=O) groups excluding carboxylic acids is 1. The van der Waals surface area contributed by atoms with E-state index in [1.54, 1.807) is 24.3 Å². The van der Waals surface area contributed by atoms with E-state index in [0.717, 1.165) is 10.8 Å². The molecule has 20 heavy (non-hydrogen) atoms. The first-order valence-electron chi connectivity index (χ1n) is 6.33. The maximum Gasteiger partial charge on any atom is 0.295 e. The van der Waals surface area contributed by atoms with E-state index in [4.69, 9.17) is 0 Å². The van der Waals surface area contributed by atoms with Gasteiger partial charge < -0.3 is 0 Å². The maximum absolute atomic E-state index is 11.8. The maximum atomic E-state index is 11.8. The number of rotatable bonds is 2. The first-order valence-corrected chi connectivity index (χ1v) is 6.33. The summed E-state index contributed by atoms with van der Waals surface area (Å²) in [6, 6.07) is 22.6. The number of benzene rings is 3. The molecule has 0 fully saturated rings. The fraction of sp³-hybridized carbons (Fsp3) is 0. The van der Waals surface area contributed by atoms with Crippen LogP contribution in [0.2, 0.25) is 0 Å². The molecule has 0 saturated heterocycles. The molecule has 0 aliphatic carbocycles. The van der Waals surface area contributed by atoms with Crippen LogP contribution in [0.5, 0.6) is 0 Å². The van der Waals surface area contributed by atoms with E-state index in [0.29, 0.717) is 11.3 Å². The van der Waals surface area contributed by atoms with Gasteiger partial charge in [-0.15, -0.1) is 10.2 Å². The van der Waals surface area contributed by atoms with E-state index >= 15 is 0 Å². The Bertz CT molecular complexity index is 779. The van der Waals surface area contributed by atoms with Gasteiger partial charge in [-0.3, -0.25) is 4.79 Å². The molecule has 0 heterocycles. The Morgan fingerprint density at radius 2 is 1.45 bits per heavy atom. The van der Waals surface area contributed by atoms with Crippen LogP contribution < -0.4 is 0 Å². The summed E-state index contributed by atoms with van der Waals surface area (Å²) in [6.07, 6.45) is 0. The summed E-state index contributed by atoms with van der Waals surface area (Å²) in [4.78, 5) is 11.8. The molecular weight excluding hydrogens is 248 g/mol. The lowest BCUT2D eigenvalue weighted by molar-refractivity contribution is 0.0995. The van der Waals surface area contributed by atoms with Crippen molar-refractivity contribution in [3.63, 3.8) is 0 Å². The Balaban J connectivity index is 1.85. The number of azo groups is 1. The molecule has 0 spiro atoms. The van der Waals surface area contributed by atoms with Crippen LogP contribution in [0.25, 0.3) is 10.8 Å². The standard InChI is InChI=1S/C17H12N2O/c20-17(14-7-2-1-3-8-14)19-18-16-11-10-13-6-4-5-9-15(13)12-16/h1-12H. The zero-order valence-corrected chi connectivity index (χ0v) is 10.7. The van der Waals surface area contributed by atoms with Crippen molar-refractivity contribution in [3.05, 3.63) is 78.4 Å². The summed E-state index contributed by atoms with van der Waals surface area (Å²) in [5.74, 6) is -0.334. The second kappa shape index (κ2) is 5.45. The quantitative estimate of drug-likeness (QED) is 0.612.